The molecule has 0 fully saturated rings. The Morgan fingerprint density at radius 3 is 2.30 bits per heavy atom. The Morgan fingerprint density at radius 2 is 1.57 bits per heavy atom. The van der Waals surface area contributed by atoms with Gasteiger partial charge in [-0.25, -0.2) is 9.67 Å². The molecule has 0 unspecified atom stereocenters. The number of aromatic nitrogens is 3. The molecule has 1 aromatic heterocycles. The Hall–Kier alpha value is -3.15. The molecule has 0 radical (unpaired) electrons. The molecule has 0 aliphatic rings. The lowest BCUT2D eigenvalue weighted by molar-refractivity contribution is 0.101. The fourth-order valence-corrected chi connectivity index (χ4v) is 3.41. The van der Waals surface area contributed by atoms with E-state index in [2.05, 4.69) is 15.4 Å². The van der Waals surface area contributed by atoms with Crippen molar-refractivity contribution in [1.82, 2.24) is 14.8 Å². The van der Waals surface area contributed by atoms with Gasteiger partial charge in [-0.2, -0.15) is 0 Å². The van der Waals surface area contributed by atoms with Gasteiger partial charge in [-0.05, 0) is 49.2 Å². The number of halogens is 2. The molecule has 4 aromatic rings. The molecule has 30 heavy (non-hydrogen) atoms. The minimum Gasteiger partial charge on any atom is -0.319 e. The van der Waals surface area contributed by atoms with Crippen LogP contribution in [0.25, 0.3) is 17.1 Å². The number of hydrogen-bond donors (Lipinski definition) is 1. The van der Waals surface area contributed by atoms with Crippen LogP contribution >= 0.6 is 23.2 Å². The van der Waals surface area contributed by atoms with Crippen molar-refractivity contribution in [2.75, 3.05) is 5.32 Å². The quantitative estimate of drug-likeness (QED) is 0.419. The zero-order chi connectivity index (χ0) is 21.3. The van der Waals surface area contributed by atoms with E-state index in [4.69, 9.17) is 23.2 Å². The van der Waals surface area contributed by atoms with Crippen molar-refractivity contribution in [2.24, 2.45) is 0 Å². The largest absolute Gasteiger partial charge is 0.319 e. The van der Waals surface area contributed by atoms with E-state index in [0.717, 1.165) is 22.4 Å². The topological polar surface area (TPSA) is 59.8 Å². The molecule has 0 aliphatic carbocycles. The summed E-state index contributed by atoms with van der Waals surface area (Å²) in [6, 6.07) is 20.4. The Labute approximate surface area is 184 Å². The van der Waals surface area contributed by atoms with Crippen molar-refractivity contribution >= 4 is 34.8 Å². The Morgan fingerprint density at radius 1 is 0.900 bits per heavy atom. The highest BCUT2D eigenvalue weighted by atomic mass is 35.5. The maximum absolute atomic E-state index is 12.9. The van der Waals surface area contributed by atoms with Crippen LogP contribution in [0.1, 0.15) is 21.7 Å². The van der Waals surface area contributed by atoms with Crippen LogP contribution in [0.5, 0.6) is 0 Å². The van der Waals surface area contributed by atoms with Gasteiger partial charge in [0.15, 0.2) is 5.82 Å². The standard InChI is InChI=1S/C23H18Cl2N4O/c1-14-8-10-17(24)12-19(14)26-23(30)21-27-22(16-6-4-3-5-7-16)29(28-21)20-13-18(25)11-9-15(20)2/h3-13H,1-2H3,(H,26,30). The van der Waals surface area contributed by atoms with Crippen LogP contribution in [0, 0.1) is 13.8 Å². The summed E-state index contributed by atoms with van der Waals surface area (Å²) in [7, 11) is 0. The number of hydrogen-bond acceptors (Lipinski definition) is 3. The van der Waals surface area contributed by atoms with E-state index in [0.29, 0.717) is 21.6 Å². The first-order valence-corrected chi connectivity index (χ1v) is 10.0. The molecular formula is C23H18Cl2N4O. The van der Waals surface area contributed by atoms with Gasteiger partial charge in [0, 0.05) is 21.3 Å². The summed E-state index contributed by atoms with van der Waals surface area (Å²) in [4.78, 5) is 17.5. The predicted molar refractivity (Wildman–Crippen MR) is 121 cm³/mol. The van der Waals surface area contributed by atoms with Gasteiger partial charge in [-0.15, -0.1) is 5.10 Å². The summed E-state index contributed by atoms with van der Waals surface area (Å²) in [5.41, 5.74) is 4.05. The second kappa shape index (κ2) is 8.30. The molecule has 0 atom stereocenters. The van der Waals surface area contributed by atoms with E-state index in [-0.39, 0.29) is 5.82 Å². The summed E-state index contributed by atoms with van der Waals surface area (Å²) >= 11 is 12.3. The monoisotopic (exact) mass is 436 g/mol. The number of amides is 1. The predicted octanol–water partition coefficient (Wildman–Crippen LogP) is 6.11. The van der Waals surface area contributed by atoms with Gasteiger partial charge in [0.25, 0.3) is 5.91 Å². The van der Waals surface area contributed by atoms with Gasteiger partial charge < -0.3 is 5.32 Å². The third kappa shape index (κ3) is 4.08. The maximum Gasteiger partial charge on any atom is 0.295 e. The van der Waals surface area contributed by atoms with Gasteiger partial charge in [0.05, 0.1) is 5.69 Å². The molecule has 5 nitrogen and oxygen atoms in total. The zero-order valence-corrected chi connectivity index (χ0v) is 17.9. The van der Waals surface area contributed by atoms with E-state index < -0.39 is 5.91 Å². The van der Waals surface area contributed by atoms with Gasteiger partial charge in [-0.1, -0.05) is 65.7 Å². The van der Waals surface area contributed by atoms with Gasteiger partial charge in [0.1, 0.15) is 0 Å². The highest BCUT2D eigenvalue weighted by Crippen LogP contribution is 2.26. The van der Waals surface area contributed by atoms with Crippen LogP contribution in [-0.2, 0) is 0 Å². The number of nitrogens with zero attached hydrogens (tertiary/aromatic N) is 3. The van der Waals surface area contributed by atoms with Crippen LogP contribution in [0.2, 0.25) is 10.0 Å². The molecule has 1 N–H and O–H groups in total. The first-order valence-electron chi connectivity index (χ1n) is 9.29. The minimum atomic E-state index is -0.420. The van der Waals surface area contributed by atoms with Crippen LogP contribution < -0.4 is 5.32 Å². The smallest absolute Gasteiger partial charge is 0.295 e. The number of rotatable bonds is 4. The summed E-state index contributed by atoms with van der Waals surface area (Å²) in [5.74, 6) is 0.178. The van der Waals surface area contributed by atoms with E-state index in [1.165, 1.54) is 0 Å². The maximum atomic E-state index is 12.9. The highest BCUT2D eigenvalue weighted by Gasteiger charge is 2.20. The van der Waals surface area contributed by atoms with Gasteiger partial charge in [-0.3, -0.25) is 4.79 Å². The van der Waals surface area contributed by atoms with Crippen LogP contribution in [-0.4, -0.2) is 20.7 Å². The lowest BCUT2D eigenvalue weighted by Gasteiger charge is -2.09. The normalized spacial score (nSPS) is 10.8. The number of anilines is 1. The Bertz CT molecular complexity index is 1240. The van der Waals surface area contributed by atoms with Crippen LogP contribution in [0.15, 0.2) is 66.7 Å². The van der Waals surface area contributed by atoms with E-state index in [9.17, 15) is 4.79 Å². The number of nitrogens with one attached hydrogen (secondary N) is 1. The molecule has 3 aromatic carbocycles. The molecular weight excluding hydrogens is 419 g/mol. The molecule has 4 rings (SSSR count). The van der Waals surface area contributed by atoms with E-state index >= 15 is 0 Å². The van der Waals surface area contributed by atoms with Crippen molar-refractivity contribution in [3.63, 3.8) is 0 Å². The lowest BCUT2D eigenvalue weighted by atomic mass is 10.2. The molecule has 0 bridgehead atoms. The second-order valence-corrected chi connectivity index (χ2v) is 7.75. The average Bonchev–Trinajstić information content (AvgIpc) is 3.18. The van der Waals surface area contributed by atoms with Crippen molar-refractivity contribution in [3.8, 4) is 17.1 Å². The first kappa shape index (κ1) is 20.1. The first-order chi connectivity index (χ1) is 14.4. The number of carbonyl (C=O) groups is 1. The van der Waals surface area contributed by atoms with Crippen LogP contribution in [0.3, 0.4) is 0 Å². The molecule has 0 saturated heterocycles. The fourth-order valence-electron chi connectivity index (χ4n) is 3.07. The van der Waals surface area contributed by atoms with Gasteiger partial charge >= 0.3 is 0 Å². The molecule has 1 heterocycles. The molecule has 1 amide bonds. The number of benzene rings is 3. The summed E-state index contributed by atoms with van der Waals surface area (Å²) in [6.45, 7) is 3.85. The molecule has 0 saturated carbocycles. The third-order valence-corrected chi connectivity index (χ3v) is 5.16. The van der Waals surface area contributed by atoms with E-state index in [1.807, 2.05) is 62.4 Å². The average molecular weight is 437 g/mol. The molecule has 7 heteroatoms. The lowest BCUT2D eigenvalue weighted by Crippen LogP contribution is -2.15. The number of aryl methyl sites for hydroxylation is 2. The molecule has 150 valence electrons. The molecule has 0 aliphatic heterocycles. The zero-order valence-electron chi connectivity index (χ0n) is 16.4. The minimum absolute atomic E-state index is 0.0487. The fraction of sp³-hybridized carbons (Fsp3) is 0.0870. The second-order valence-electron chi connectivity index (χ2n) is 6.88. The van der Waals surface area contributed by atoms with E-state index in [1.54, 1.807) is 22.9 Å². The molecule has 0 spiro atoms. The number of carbonyl (C=O) groups excluding carboxylic acids is 1. The summed E-state index contributed by atoms with van der Waals surface area (Å²) in [5, 5.41) is 8.47. The van der Waals surface area contributed by atoms with Crippen molar-refractivity contribution < 1.29 is 4.79 Å². The Balaban J connectivity index is 1.80. The summed E-state index contributed by atoms with van der Waals surface area (Å²) in [6.07, 6.45) is 0. The van der Waals surface area contributed by atoms with Crippen molar-refractivity contribution in [2.45, 2.75) is 13.8 Å². The van der Waals surface area contributed by atoms with Crippen molar-refractivity contribution in [1.29, 1.82) is 0 Å². The highest BCUT2D eigenvalue weighted by molar-refractivity contribution is 6.31. The van der Waals surface area contributed by atoms with Crippen LogP contribution in [0.4, 0.5) is 5.69 Å². The Kier molecular flexibility index (Phi) is 5.57. The SMILES string of the molecule is Cc1ccc(Cl)cc1NC(=O)c1nc(-c2ccccc2)n(-c2cc(Cl)ccc2C)n1. The van der Waals surface area contributed by atoms with Crippen molar-refractivity contribution in [3.05, 3.63) is 93.7 Å². The third-order valence-electron chi connectivity index (χ3n) is 4.69. The van der Waals surface area contributed by atoms with Gasteiger partial charge in [0.2, 0.25) is 5.82 Å². The summed E-state index contributed by atoms with van der Waals surface area (Å²) < 4.78 is 1.65.